The van der Waals surface area contributed by atoms with Gasteiger partial charge in [0.25, 0.3) is 0 Å². The standard InChI is InChI=1S/C40H56O3/c1-29(17-13-19-31(3)21-22-36-33(5)25-34(41)26-37(36,6)7)15-11-12-16-30(2)18-14-20-32(4)23-24-40-38(8,9)27-35(42)28-39(40,10)43-40/h11-25,34-36,41-42H,26-28H2,1-10H3/b12-11+,17-13+,18-14+,22-21+,24-23+,29-15-,30-16-,31-19-,32-20-/t34-,35-,36-,39+,40-/m0/s1. The molecule has 1 saturated heterocycles. The van der Waals surface area contributed by atoms with E-state index in [2.05, 4.69) is 154 Å². The molecule has 0 aromatic rings. The minimum absolute atomic E-state index is 0.0547. The van der Waals surface area contributed by atoms with E-state index in [9.17, 15) is 10.2 Å². The molecule has 3 heteroatoms. The lowest BCUT2D eigenvalue weighted by Crippen LogP contribution is -2.46. The first-order valence-electron chi connectivity index (χ1n) is 15.8. The smallest absolute Gasteiger partial charge is 0.121 e. The SMILES string of the molecule is CC1=C[C@H](O)CC(C)(C)[C@H]1/C=C/C(C)=C\C=C\C(C)=C/C=C/C=C(C)\C=C\C=C(C)/C=C/[C@@]12O[C@]1(C)C[C@@H](O)CC2(C)C. The van der Waals surface area contributed by atoms with Crippen LogP contribution in [0.3, 0.4) is 0 Å². The van der Waals surface area contributed by atoms with Crippen LogP contribution in [-0.2, 0) is 4.74 Å². The number of allylic oxidation sites excluding steroid dienone is 18. The number of fused-ring (bicyclic) bond motifs is 1. The van der Waals surface area contributed by atoms with Crippen LogP contribution in [0.1, 0.15) is 88.5 Å². The summed E-state index contributed by atoms with van der Waals surface area (Å²) in [7, 11) is 0. The van der Waals surface area contributed by atoms with Crippen molar-refractivity contribution in [2.45, 2.75) is 112 Å². The van der Waals surface area contributed by atoms with Crippen LogP contribution in [0, 0.1) is 16.7 Å². The third kappa shape index (κ3) is 8.91. The van der Waals surface area contributed by atoms with Gasteiger partial charge in [-0.3, -0.25) is 0 Å². The van der Waals surface area contributed by atoms with Crippen LogP contribution in [0.2, 0.25) is 0 Å². The van der Waals surface area contributed by atoms with Crippen LogP contribution in [0.4, 0.5) is 0 Å². The summed E-state index contributed by atoms with van der Waals surface area (Å²) >= 11 is 0. The third-order valence-corrected chi connectivity index (χ3v) is 9.43. The van der Waals surface area contributed by atoms with Crippen molar-refractivity contribution in [2.75, 3.05) is 0 Å². The lowest BCUT2D eigenvalue weighted by atomic mass is 9.63. The summed E-state index contributed by atoms with van der Waals surface area (Å²) in [6, 6.07) is 0. The van der Waals surface area contributed by atoms with Crippen molar-refractivity contribution < 1.29 is 14.9 Å². The molecule has 0 aromatic heterocycles. The van der Waals surface area contributed by atoms with Gasteiger partial charge in [0.15, 0.2) is 0 Å². The molecule has 5 atom stereocenters. The monoisotopic (exact) mass is 584 g/mol. The Bertz CT molecular complexity index is 1320. The Morgan fingerprint density at radius 3 is 1.77 bits per heavy atom. The van der Waals surface area contributed by atoms with E-state index in [1.807, 2.05) is 6.08 Å². The largest absolute Gasteiger partial charge is 0.393 e. The van der Waals surface area contributed by atoms with E-state index in [4.69, 9.17) is 4.74 Å². The van der Waals surface area contributed by atoms with Gasteiger partial charge in [-0.2, -0.15) is 0 Å². The molecule has 1 saturated carbocycles. The molecule has 2 fully saturated rings. The molecule has 234 valence electrons. The molecule has 1 heterocycles. The van der Waals surface area contributed by atoms with Crippen molar-refractivity contribution in [3.05, 3.63) is 119 Å². The Labute approximate surface area is 262 Å². The van der Waals surface area contributed by atoms with E-state index in [0.29, 0.717) is 12.3 Å². The van der Waals surface area contributed by atoms with Gasteiger partial charge in [-0.25, -0.2) is 0 Å². The first kappa shape index (κ1) is 34.8. The Morgan fingerprint density at radius 1 is 0.721 bits per heavy atom. The van der Waals surface area contributed by atoms with Gasteiger partial charge in [-0.15, -0.1) is 0 Å². The second-order valence-electron chi connectivity index (χ2n) is 14.6. The summed E-state index contributed by atoms with van der Waals surface area (Å²) in [6.45, 7) is 21.5. The van der Waals surface area contributed by atoms with E-state index in [-0.39, 0.29) is 34.2 Å². The fourth-order valence-electron chi connectivity index (χ4n) is 7.07. The third-order valence-electron chi connectivity index (χ3n) is 9.43. The van der Waals surface area contributed by atoms with Gasteiger partial charge in [-0.1, -0.05) is 141 Å². The zero-order valence-corrected chi connectivity index (χ0v) is 28.3. The zero-order chi connectivity index (χ0) is 32.1. The van der Waals surface area contributed by atoms with Crippen molar-refractivity contribution in [1.29, 1.82) is 0 Å². The second kappa shape index (κ2) is 13.9. The topological polar surface area (TPSA) is 53.0 Å². The molecule has 3 rings (SSSR count). The summed E-state index contributed by atoms with van der Waals surface area (Å²) < 4.78 is 6.25. The summed E-state index contributed by atoms with van der Waals surface area (Å²) in [6.07, 6.45) is 33.5. The van der Waals surface area contributed by atoms with Crippen LogP contribution < -0.4 is 0 Å². The Balaban J connectivity index is 1.49. The predicted octanol–water partition coefficient (Wildman–Crippen LogP) is 9.61. The van der Waals surface area contributed by atoms with Crippen molar-refractivity contribution in [2.24, 2.45) is 16.7 Å². The quantitative estimate of drug-likeness (QED) is 0.153. The van der Waals surface area contributed by atoms with E-state index in [0.717, 1.165) is 12.8 Å². The Hall–Kier alpha value is -2.72. The normalized spacial score (nSPS) is 33.8. The molecule has 43 heavy (non-hydrogen) atoms. The molecular formula is C40H56O3. The molecule has 2 aliphatic carbocycles. The number of ether oxygens (including phenoxy) is 1. The van der Waals surface area contributed by atoms with E-state index < -0.39 is 0 Å². The first-order chi connectivity index (χ1) is 20.0. The minimum atomic E-state index is -0.333. The van der Waals surface area contributed by atoms with E-state index >= 15 is 0 Å². The fraction of sp³-hybridized carbons (Fsp3) is 0.500. The molecule has 0 aromatic carbocycles. The molecule has 0 bridgehead atoms. The van der Waals surface area contributed by atoms with Crippen LogP contribution in [0.5, 0.6) is 0 Å². The molecule has 3 nitrogen and oxygen atoms in total. The molecule has 1 aliphatic heterocycles. The highest BCUT2D eigenvalue weighted by atomic mass is 16.6. The van der Waals surface area contributed by atoms with Gasteiger partial charge in [0.05, 0.1) is 12.2 Å². The van der Waals surface area contributed by atoms with Gasteiger partial charge in [0.2, 0.25) is 0 Å². The van der Waals surface area contributed by atoms with Crippen molar-refractivity contribution >= 4 is 0 Å². The van der Waals surface area contributed by atoms with E-state index in [1.165, 1.54) is 27.9 Å². The van der Waals surface area contributed by atoms with Crippen LogP contribution in [0.15, 0.2) is 119 Å². The van der Waals surface area contributed by atoms with Crippen LogP contribution >= 0.6 is 0 Å². The molecule has 0 unspecified atom stereocenters. The second-order valence-corrected chi connectivity index (χ2v) is 14.6. The highest BCUT2D eigenvalue weighted by Gasteiger charge is 2.74. The maximum atomic E-state index is 10.2. The summed E-state index contributed by atoms with van der Waals surface area (Å²) in [5.41, 5.74) is 5.38. The van der Waals surface area contributed by atoms with Gasteiger partial charge in [0, 0.05) is 17.8 Å². The Morgan fingerprint density at radius 2 is 1.23 bits per heavy atom. The summed E-state index contributed by atoms with van der Waals surface area (Å²) in [4.78, 5) is 0. The van der Waals surface area contributed by atoms with Gasteiger partial charge >= 0.3 is 0 Å². The van der Waals surface area contributed by atoms with Crippen LogP contribution in [-0.4, -0.2) is 33.6 Å². The number of rotatable bonds is 10. The summed E-state index contributed by atoms with van der Waals surface area (Å²) in [5, 5.41) is 20.3. The zero-order valence-electron chi connectivity index (χ0n) is 28.3. The molecule has 0 amide bonds. The average molecular weight is 585 g/mol. The average Bonchev–Trinajstić information content (AvgIpc) is 3.49. The number of aliphatic hydroxyl groups excluding tert-OH is 2. The Kier molecular flexibility index (Phi) is 11.3. The van der Waals surface area contributed by atoms with Crippen molar-refractivity contribution in [3.8, 4) is 0 Å². The first-order valence-corrected chi connectivity index (χ1v) is 15.8. The maximum absolute atomic E-state index is 10.2. The van der Waals surface area contributed by atoms with Gasteiger partial charge < -0.3 is 14.9 Å². The number of aliphatic hydroxyl groups is 2. The predicted molar refractivity (Wildman–Crippen MR) is 184 cm³/mol. The molecule has 0 spiro atoms. The molecule has 2 N–H and O–H groups in total. The lowest BCUT2D eigenvalue weighted by Gasteiger charge is -2.39. The maximum Gasteiger partial charge on any atom is 0.121 e. The number of epoxide rings is 1. The molecule has 0 radical (unpaired) electrons. The minimum Gasteiger partial charge on any atom is -0.393 e. The lowest BCUT2D eigenvalue weighted by molar-refractivity contribution is 0.0515. The highest BCUT2D eigenvalue weighted by molar-refractivity contribution is 5.37. The van der Waals surface area contributed by atoms with Crippen LogP contribution in [0.25, 0.3) is 0 Å². The van der Waals surface area contributed by atoms with Gasteiger partial charge in [-0.05, 0) is 65.9 Å². The van der Waals surface area contributed by atoms with Crippen molar-refractivity contribution in [3.63, 3.8) is 0 Å². The number of hydrogen-bond donors (Lipinski definition) is 2. The number of hydrogen-bond acceptors (Lipinski definition) is 3. The molecular weight excluding hydrogens is 528 g/mol. The highest BCUT2D eigenvalue weighted by Crippen LogP contribution is 2.66. The molecule has 3 aliphatic rings. The van der Waals surface area contributed by atoms with Gasteiger partial charge in [0.1, 0.15) is 11.2 Å². The van der Waals surface area contributed by atoms with E-state index in [1.54, 1.807) is 0 Å². The fourth-order valence-corrected chi connectivity index (χ4v) is 7.07. The summed E-state index contributed by atoms with van der Waals surface area (Å²) in [5.74, 6) is 0.345. The van der Waals surface area contributed by atoms with Crippen molar-refractivity contribution in [1.82, 2.24) is 0 Å².